The van der Waals surface area contributed by atoms with Gasteiger partial charge in [0.05, 0.1) is 4.92 Å². The fourth-order valence-corrected chi connectivity index (χ4v) is 2.44. The Balaban J connectivity index is 3.05. The fraction of sp³-hybridized carbons (Fsp3) is 0.727. The van der Waals surface area contributed by atoms with Crippen molar-refractivity contribution in [2.75, 3.05) is 17.3 Å². The maximum Gasteiger partial charge on any atom is 0.333 e. The molecule has 6 nitrogen and oxygen atoms in total. The Labute approximate surface area is 111 Å². The SMILES string of the molecule is CCCc1nn(C)c(NC(C)CSC)c1[N+](=O)[O-]. The van der Waals surface area contributed by atoms with Crippen molar-refractivity contribution in [1.29, 1.82) is 0 Å². The summed E-state index contributed by atoms with van der Waals surface area (Å²) >= 11 is 1.70. The fourth-order valence-electron chi connectivity index (χ4n) is 1.85. The van der Waals surface area contributed by atoms with Crippen LogP contribution in [0.2, 0.25) is 0 Å². The third-order valence-corrected chi connectivity index (χ3v) is 3.39. The highest BCUT2D eigenvalue weighted by molar-refractivity contribution is 7.98. The summed E-state index contributed by atoms with van der Waals surface area (Å²) in [6, 6.07) is 0.170. The maximum atomic E-state index is 11.2. The Morgan fingerprint density at radius 3 is 2.78 bits per heavy atom. The molecule has 102 valence electrons. The first-order chi connectivity index (χ1) is 8.51. The van der Waals surface area contributed by atoms with Crippen LogP contribution < -0.4 is 5.32 Å². The summed E-state index contributed by atoms with van der Waals surface area (Å²) in [5.74, 6) is 1.40. The molecule has 1 unspecified atom stereocenters. The number of nitrogens with zero attached hydrogens (tertiary/aromatic N) is 3. The summed E-state index contributed by atoms with van der Waals surface area (Å²) in [7, 11) is 1.74. The van der Waals surface area contributed by atoms with Gasteiger partial charge in [0.2, 0.25) is 5.82 Å². The van der Waals surface area contributed by atoms with E-state index in [1.165, 1.54) is 0 Å². The van der Waals surface area contributed by atoms with Crippen molar-refractivity contribution < 1.29 is 4.92 Å². The predicted octanol–water partition coefficient (Wildman–Crippen LogP) is 2.44. The first-order valence-electron chi connectivity index (χ1n) is 5.97. The molecule has 0 spiro atoms. The van der Waals surface area contributed by atoms with Crippen molar-refractivity contribution in [3.8, 4) is 0 Å². The van der Waals surface area contributed by atoms with E-state index in [0.717, 1.165) is 12.2 Å². The summed E-state index contributed by atoms with van der Waals surface area (Å²) in [4.78, 5) is 10.8. The minimum absolute atomic E-state index is 0.118. The molecule has 0 aliphatic heterocycles. The molecule has 1 aromatic rings. The zero-order valence-electron chi connectivity index (χ0n) is 11.3. The molecule has 0 aromatic carbocycles. The minimum atomic E-state index is -0.341. The molecule has 1 atom stereocenters. The molecule has 0 saturated heterocycles. The Hall–Kier alpha value is -1.24. The Bertz CT molecular complexity index is 419. The smallest absolute Gasteiger partial charge is 0.333 e. The zero-order chi connectivity index (χ0) is 13.7. The van der Waals surface area contributed by atoms with Gasteiger partial charge in [-0.1, -0.05) is 13.3 Å². The first-order valence-corrected chi connectivity index (χ1v) is 7.36. The van der Waals surface area contributed by atoms with Crippen molar-refractivity contribution >= 4 is 23.3 Å². The van der Waals surface area contributed by atoms with E-state index < -0.39 is 0 Å². The summed E-state index contributed by atoms with van der Waals surface area (Å²) in [5.41, 5.74) is 0.677. The Morgan fingerprint density at radius 1 is 1.61 bits per heavy atom. The molecule has 18 heavy (non-hydrogen) atoms. The lowest BCUT2D eigenvalue weighted by Gasteiger charge is -2.13. The van der Waals surface area contributed by atoms with Gasteiger partial charge in [-0.15, -0.1) is 0 Å². The molecule has 0 fully saturated rings. The molecule has 0 radical (unpaired) electrons. The topological polar surface area (TPSA) is 73.0 Å². The lowest BCUT2D eigenvalue weighted by atomic mass is 10.2. The number of nitro groups is 1. The number of hydrogen-bond donors (Lipinski definition) is 1. The van der Waals surface area contributed by atoms with Crippen LogP contribution in [0.3, 0.4) is 0 Å². The van der Waals surface area contributed by atoms with E-state index in [1.807, 2.05) is 20.1 Å². The van der Waals surface area contributed by atoms with Crippen molar-refractivity contribution in [3.63, 3.8) is 0 Å². The zero-order valence-corrected chi connectivity index (χ0v) is 12.1. The lowest BCUT2D eigenvalue weighted by Crippen LogP contribution is -2.20. The van der Waals surface area contributed by atoms with Crippen LogP contribution in [0.5, 0.6) is 0 Å². The van der Waals surface area contributed by atoms with E-state index in [1.54, 1.807) is 23.5 Å². The van der Waals surface area contributed by atoms with Gasteiger partial charge in [0.15, 0.2) is 0 Å². The highest BCUT2D eigenvalue weighted by Crippen LogP contribution is 2.29. The van der Waals surface area contributed by atoms with E-state index in [9.17, 15) is 10.1 Å². The molecule has 1 N–H and O–H groups in total. The molecule has 0 amide bonds. The van der Waals surface area contributed by atoms with E-state index in [0.29, 0.717) is 17.9 Å². The Morgan fingerprint density at radius 2 is 2.28 bits per heavy atom. The summed E-state index contributed by atoms with van der Waals surface area (Å²) in [5, 5.41) is 18.6. The Kier molecular flexibility index (Phi) is 5.46. The third-order valence-electron chi connectivity index (χ3n) is 2.56. The van der Waals surface area contributed by atoms with Crippen LogP contribution in [-0.4, -0.2) is 32.8 Å². The van der Waals surface area contributed by atoms with Gasteiger partial charge >= 0.3 is 5.69 Å². The number of hydrogen-bond acceptors (Lipinski definition) is 5. The first kappa shape index (κ1) is 14.8. The van der Waals surface area contributed by atoms with E-state index in [4.69, 9.17) is 0 Å². The van der Waals surface area contributed by atoms with Crippen molar-refractivity contribution in [2.45, 2.75) is 32.7 Å². The number of rotatable bonds is 7. The largest absolute Gasteiger partial charge is 0.361 e. The van der Waals surface area contributed by atoms with Gasteiger partial charge < -0.3 is 5.32 Å². The quantitative estimate of drug-likeness (QED) is 0.609. The van der Waals surface area contributed by atoms with Gasteiger partial charge in [0.1, 0.15) is 5.69 Å². The highest BCUT2D eigenvalue weighted by Gasteiger charge is 2.26. The number of nitrogens with one attached hydrogen (secondary N) is 1. The molecule has 0 bridgehead atoms. The molecular formula is C11H20N4O2S. The normalized spacial score (nSPS) is 12.4. The van der Waals surface area contributed by atoms with Crippen LogP contribution in [0.4, 0.5) is 11.5 Å². The van der Waals surface area contributed by atoms with E-state index in [2.05, 4.69) is 10.4 Å². The molecule has 0 aliphatic rings. The van der Waals surface area contributed by atoms with E-state index >= 15 is 0 Å². The van der Waals surface area contributed by atoms with Gasteiger partial charge in [-0.05, 0) is 19.6 Å². The van der Waals surface area contributed by atoms with Crippen LogP contribution in [0.1, 0.15) is 26.0 Å². The van der Waals surface area contributed by atoms with Crippen molar-refractivity contribution in [3.05, 3.63) is 15.8 Å². The van der Waals surface area contributed by atoms with Gasteiger partial charge in [-0.25, -0.2) is 4.68 Å². The van der Waals surface area contributed by atoms with Gasteiger partial charge in [-0.3, -0.25) is 10.1 Å². The minimum Gasteiger partial charge on any atom is -0.361 e. The molecule has 1 heterocycles. The maximum absolute atomic E-state index is 11.2. The molecule has 0 aliphatic carbocycles. The molecule has 0 saturated carbocycles. The number of aromatic nitrogens is 2. The van der Waals surface area contributed by atoms with Crippen molar-refractivity contribution in [1.82, 2.24) is 9.78 Å². The van der Waals surface area contributed by atoms with Crippen LogP contribution in [0.15, 0.2) is 0 Å². The van der Waals surface area contributed by atoms with Gasteiger partial charge in [-0.2, -0.15) is 16.9 Å². The second-order valence-corrected chi connectivity index (χ2v) is 5.19. The lowest BCUT2D eigenvalue weighted by molar-refractivity contribution is -0.384. The summed E-state index contributed by atoms with van der Waals surface area (Å²) in [6.45, 7) is 3.99. The summed E-state index contributed by atoms with van der Waals surface area (Å²) < 4.78 is 1.57. The molecule has 7 heteroatoms. The third kappa shape index (κ3) is 3.38. The number of anilines is 1. The van der Waals surface area contributed by atoms with Crippen LogP contribution in [0, 0.1) is 10.1 Å². The summed E-state index contributed by atoms with van der Waals surface area (Å²) in [6.07, 6.45) is 3.48. The number of thioether (sulfide) groups is 1. The second-order valence-electron chi connectivity index (χ2n) is 4.28. The molecule has 1 aromatic heterocycles. The van der Waals surface area contributed by atoms with Crippen LogP contribution in [-0.2, 0) is 13.5 Å². The monoisotopic (exact) mass is 272 g/mol. The van der Waals surface area contributed by atoms with E-state index in [-0.39, 0.29) is 16.7 Å². The number of aryl methyl sites for hydroxylation is 2. The van der Waals surface area contributed by atoms with Crippen LogP contribution >= 0.6 is 11.8 Å². The average Bonchev–Trinajstić information content (AvgIpc) is 2.56. The average molecular weight is 272 g/mol. The van der Waals surface area contributed by atoms with Crippen molar-refractivity contribution in [2.24, 2.45) is 7.05 Å². The molecule has 1 rings (SSSR count). The molecular weight excluding hydrogens is 252 g/mol. The van der Waals surface area contributed by atoms with Gasteiger partial charge in [0, 0.05) is 18.8 Å². The second kappa shape index (κ2) is 6.63. The van der Waals surface area contributed by atoms with Gasteiger partial charge in [0.25, 0.3) is 0 Å². The highest BCUT2D eigenvalue weighted by atomic mass is 32.2. The predicted molar refractivity (Wildman–Crippen MR) is 75.3 cm³/mol. The standard InChI is InChI=1S/C11H20N4O2S/c1-5-6-9-10(15(16)17)11(14(3)13-9)12-8(2)7-18-4/h8,12H,5-7H2,1-4H3. The van der Waals surface area contributed by atoms with Crippen LogP contribution in [0.25, 0.3) is 0 Å².